The van der Waals surface area contributed by atoms with Crippen molar-refractivity contribution in [2.24, 2.45) is 12.5 Å². The van der Waals surface area contributed by atoms with Gasteiger partial charge in [-0.15, -0.1) is 0 Å². The number of Topliss-reactive ketones (excluding diaryl/α,β-unsaturated/α-hetero) is 1. The van der Waals surface area contributed by atoms with Gasteiger partial charge in [-0.05, 0) is 79.8 Å². The summed E-state index contributed by atoms with van der Waals surface area (Å²) in [5.41, 5.74) is -0.109. The molecule has 2 aliphatic carbocycles. The number of fused-ring (bicyclic) bond motifs is 2. The number of alkyl halides is 3. The van der Waals surface area contributed by atoms with Gasteiger partial charge in [0.2, 0.25) is 10.0 Å². The van der Waals surface area contributed by atoms with Gasteiger partial charge in [0, 0.05) is 38.7 Å². The largest absolute Gasteiger partial charge is 0.416 e. The molecule has 0 spiro atoms. The summed E-state index contributed by atoms with van der Waals surface area (Å²) in [6.07, 6.45) is 3.61. The Kier molecular flexibility index (Phi) is 6.92. The topological polar surface area (TPSA) is 90.1 Å². The number of carbonyl (C=O) groups is 1. The second-order valence-corrected chi connectivity index (χ2v) is 13.1. The van der Waals surface area contributed by atoms with Crippen molar-refractivity contribution in [2.75, 3.05) is 7.05 Å². The Hall–Kier alpha value is -4.10. The minimum Gasteiger partial charge on any atom is -0.356 e. The van der Waals surface area contributed by atoms with Crippen LogP contribution >= 0.6 is 0 Å². The fourth-order valence-corrected chi connectivity index (χ4v) is 7.59. The molecule has 1 aromatic carbocycles. The van der Waals surface area contributed by atoms with Crippen LogP contribution < -0.4 is 0 Å². The molecule has 3 heterocycles. The molecule has 8 nitrogen and oxygen atoms in total. The maximum atomic E-state index is 14.3. The number of aryl methyl sites for hydroxylation is 1. The SMILES string of the molecule is CN([C@H]1CCC2=Cc3c(cnn3-c3ccc(F)cc3)C[C@]2(C(=O)c2cc(C(F)(F)F)ccn2)C1)S(=O)(=O)c1ccn(C)c1. The molecule has 0 aliphatic heterocycles. The number of benzene rings is 1. The van der Waals surface area contributed by atoms with Crippen molar-refractivity contribution in [3.63, 3.8) is 0 Å². The van der Waals surface area contributed by atoms with Crippen LogP contribution in [0.2, 0.25) is 0 Å². The predicted molar refractivity (Wildman–Crippen MR) is 149 cm³/mol. The number of hydrogen-bond acceptors (Lipinski definition) is 5. The monoisotopic (exact) mass is 613 g/mol. The summed E-state index contributed by atoms with van der Waals surface area (Å²) >= 11 is 0. The Morgan fingerprint density at radius 2 is 1.88 bits per heavy atom. The summed E-state index contributed by atoms with van der Waals surface area (Å²) in [5.74, 6) is -1.02. The van der Waals surface area contributed by atoms with Crippen LogP contribution in [0.4, 0.5) is 17.6 Å². The van der Waals surface area contributed by atoms with Crippen molar-refractivity contribution in [3.8, 4) is 5.69 Å². The third-order valence-corrected chi connectivity index (χ3v) is 10.4. The summed E-state index contributed by atoms with van der Waals surface area (Å²) in [5, 5.41) is 4.47. The van der Waals surface area contributed by atoms with Gasteiger partial charge in [0.15, 0.2) is 5.78 Å². The van der Waals surface area contributed by atoms with Crippen LogP contribution in [0, 0.1) is 11.2 Å². The zero-order chi connectivity index (χ0) is 30.7. The molecule has 6 rings (SSSR count). The average Bonchev–Trinajstić information content (AvgIpc) is 3.61. The fourth-order valence-electron chi connectivity index (χ4n) is 6.15. The van der Waals surface area contributed by atoms with Crippen LogP contribution in [0.25, 0.3) is 11.8 Å². The van der Waals surface area contributed by atoms with Crippen LogP contribution in [0.1, 0.15) is 46.6 Å². The molecule has 0 radical (unpaired) electrons. The van der Waals surface area contributed by atoms with Crippen LogP contribution in [0.3, 0.4) is 0 Å². The van der Waals surface area contributed by atoms with Gasteiger partial charge in [0.1, 0.15) is 11.5 Å². The third kappa shape index (κ3) is 4.99. The lowest BCUT2D eigenvalue weighted by Crippen LogP contribution is -2.49. The van der Waals surface area contributed by atoms with Crippen molar-refractivity contribution in [1.29, 1.82) is 0 Å². The first-order valence-corrected chi connectivity index (χ1v) is 15.0. The predicted octanol–water partition coefficient (Wildman–Crippen LogP) is 5.45. The Balaban J connectivity index is 1.44. The first-order valence-electron chi connectivity index (χ1n) is 13.5. The average molecular weight is 614 g/mol. The molecule has 0 amide bonds. The molecule has 0 unspecified atom stereocenters. The molecule has 0 saturated heterocycles. The number of pyridine rings is 1. The van der Waals surface area contributed by atoms with Crippen LogP contribution in [-0.2, 0) is 29.7 Å². The van der Waals surface area contributed by atoms with Gasteiger partial charge < -0.3 is 4.57 Å². The maximum absolute atomic E-state index is 14.3. The van der Waals surface area contributed by atoms with Gasteiger partial charge in [-0.25, -0.2) is 17.5 Å². The minimum absolute atomic E-state index is 0.0410. The Bertz CT molecular complexity index is 1860. The number of rotatable bonds is 6. The molecule has 1 saturated carbocycles. The van der Waals surface area contributed by atoms with Gasteiger partial charge in [-0.2, -0.15) is 22.6 Å². The van der Waals surface area contributed by atoms with Gasteiger partial charge in [0.05, 0.1) is 33.5 Å². The molecule has 1 fully saturated rings. The number of aromatic nitrogens is 4. The zero-order valence-corrected chi connectivity index (χ0v) is 24.0. The quantitative estimate of drug-likeness (QED) is 0.213. The number of carbonyl (C=O) groups excluding carboxylic acids is 1. The van der Waals surface area contributed by atoms with Crippen molar-refractivity contribution in [1.82, 2.24) is 23.6 Å². The highest BCUT2D eigenvalue weighted by Gasteiger charge is 2.51. The van der Waals surface area contributed by atoms with E-state index in [0.29, 0.717) is 35.4 Å². The molecule has 0 N–H and O–H groups in total. The first kappa shape index (κ1) is 29.0. The van der Waals surface area contributed by atoms with E-state index in [0.717, 1.165) is 18.3 Å². The summed E-state index contributed by atoms with van der Waals surface area (Å²) in [7, 11) is -0.756. The third-order valence-electron chi connectivity index (χ3n) is 8.46. The van der Waals surface area contributed by atoms with Crippen LogP contribution in [0.5, 0.6) is 0 Å². The van der Waals surface area contributed by atoms with Crippen molar-refractivity contribution in [3.05, 3.63) is 101 Å². The molecule has 13 heteroatoms. The van der Waals surface area contributed by atoms with Gasteiger partial charge in [-0.3, -0.25) is 9.78 Å². The van der Waals surface area contributed by atoms with E-state index in [2.05, 4.69) is 10.1 Å². The summed E-state index contributed by atoms with van der Waals surface area (Å²) in [4.78, 5) is 18.5. The molecular formula is C30H27F4N5O3S. The van der Waals surface area contributed by atoms with Gasteiger partial charge in [-0.1, -0.05) is 5.57 Å². The van der Waals surface area contributed by atoms with Gasteiger partial charge in [0.25, 0.3) is 0 Å². The van der Waals surface area contributed by atoms with E-state index in [1.165, 1.54) is 35.7 Å². The molecule has 2 aliphatic rings. The smallest absolute Gasteiger partial charge is 0.356 e. The Morgan fingerprint density at radius 1 is 1.14 bits per heavy atom. The molecule has 43 heavy (non-hydrogen) atoms. The highest BCUT2D eigenvalue weighted by atomic mass is 32.2. The van der Waals surface area contributed by atoms with E-state index in [9.17, 15) is 30.8 Å². The first-order chi connectivity index (χ1) is 20.3. The number of halogens is 4. The van der Waals surface area contributed by atoms with E-state index in [1.807, 2.05) is 6.08 Å². The Morgan fingerprint density at radius 3 is 2.56 bits per heavy atom. The number of ketones is 1. The fraction of sp³-hybridized carbons (Fsp3) is 0.300. The molecule has 4 aromatic rings. The number of hydrogen-bond donors (Lipinski definition) is 0. The second kappa shape index (κ2) is 10.3. The summed E-state index contributed by atoms with van der Waals surface area (Å²) in [6.45, 7) is 0. The lowest BCUT2D eigenvalue weighted by atomic mass is 9.60. The minimum atomic E-state index is -4.68. The van der Waals surface area contributed by atoms with E-state index in [1.54, 1.807) is 40.8 Å². The van der Waals surface area contributed by atoms with Crippen LogP contribution in [0.15, 0.2) is 77.7 Å². The molecule has 3 aromatic heterocycles. The molecule has 224 valence electrons. The van der Waals surface area contributed by atoms with E-state index >= 15 is 0 Å². The molecule has 0 bridgehead atoms. The summed E-state index contributed by atoms with van der Waals surface area (Å²) in [6, 6.07) is 8.18. The standard InChI is InChI=1S/C30H27F4N5O3S/c1-37-12-10-25(18-37)43(41,42)38(2)24-6-3-20-14-27-19(17-36-39(27)23-7-4-22(31)5-8-23)15-29(20,16-24)28(40)26-13-21(9-11-35-26)30(32,33)34/h4-5,7-14,17-18,24H,3,6,15-16H2,1-2H3/t24-,29-/m0/s1. The molecule has 2 atom stereocenters. The Labute approximate surface area is 245 Å². The highest BCUT2D eigenvalue weighted by Crippen LogP contribution is 2.51. The van der Waals surface area contributed by atoms with Crippen molar-refractivity contribution in [2.45, 2.75) is 42.8 Å². The second-order valence-electron chi connectivity index (χ2n) is 11.1. The molecular weight excluding hydrogens is 586 g/mol. The zero-order valence-electron chi connectivity index (χ0n) is 23.2. The van der Waals surface area contributed by atoms with E-state index < -0.39 is 44.8 Å². The van der Waals surface area contributed by atoms with Gasteiger partial charge >= 0.3 is 6.18 Å². The summed E-state index contributed by atoms with van der Waals surface area (Å²) < 4.78 is 85.9. The number of nitrogens with zero attached hydrogens (tertiary/aromatic N) is 5. The van der Waals surface area contributed by atoms with Crippen molar-refractivity contribution >= 4 is 21.9 Å². The number of allylic oxidation sites excluding steroid dienone is 1. The van der Waals surface area contributed by atoms with Crippen molar-refractivity contribution < 1.29 is 30.8 Å². The van der Waals surface area contributed by atoms with E-state index in [-0.39, 0.29) is 23.4 Å². The van der Waals surface area contributed by atoms with E-state index in [4.69, 9.17) is 0 Å². The highest BCUT2D eigenvalue weighted by molar-refractivity contribution is 7.89. The normalized spacial score (nSPS) is 20.4. The maximum Gasteiger partial charge on any atom is 0.416 e. The number of sulfonamides is 1. The lowest BCUT2D eigenvalue weighted by Gasteiger charge is -2.45. The lowest BCUT2D eigenvalue weighted by molar-refractivity contribution is -0.137. The van der Waals surface area contributed by atoms with Crippen LogP contribution in [-0.4, -0.2) is 50.9 Å².